The number of nitrogens with zero attached hydrogens (tertiary/aromatic N) is 6. The summed E-state index contributed by atoms with van der Waals surface area (Å²) in [6.07, 6.45) is 1.08. The number of benzene rings is 1. The molecule has 0 saturated carbocycles. The zero-order valence-corrected chi connectivity index (χ0v) is 21.1. The van der Waals surface area contributed by atoms with Gasteiger partial charge in [-0.1, -0.05) is 42.0 Å². The summed E-state index contributed by atoms with van der Waals surface area (Å²) in [6.45, 7) is 6.10. The predicted molar refractivity (Wildman–Crippen MR) is 138 cm³/mol. The molecule has 0 spiro atoms. The summed E-state index contributed by atoms with van der Waals surface area (Å²) >= 11 is 0. The molecule has 11 nitrogen and oxygen atoms in total. The van der Waals surface area contributed by atoms with Gasteiger partial charge in [0, 0.05) is 57.2 Å². The molecule has 194 valence electrons. The number of carboxylic acid groups (broad SMARTS) is 1. The maximum absolute atomic E-state index is 13.7. The average Bonchev–Trinajstić information content (AvgIpc) is 3.56. The number of hydrogen-bond donors (Lipinski definition) is 1. The second-order valence-corrected chi connectivity index (χ2v) is 10.1. The van der Waals surface area contributed by atoms with Crippen molar-refractivity contribution in [3.63, 3.8) is 0 Å². The van der Waals surface area contributed by atoms with E-state index in [0.717, 1.165) is 10.1 Å². The molecular weight excluding hydrogens is 476 g/mol. The van der Waals surface area contributed by atoms with Crippen molar-refractivity contribution in [2.24, 2.45) is 18.9 Å². The normalized spacial score (nSPS) is 18.9. The molecule has 2 aliphatic heterocycles. The van der Waals surface area contributed by atoms with Gasteiger partial charge in [-0.3, -0.25) is 18.7 Å². The Hall–Kier alpha value is -4.15. The number of rotatable bonds is 6. The Kier molecular flexibility index (Phi) is 6.22. The number of carbonyl (C=O) groups is 2. The van der Waals surface area contributed by atoms with Gasteiger partial charge in [-0.2, -0.15) is 4.98 Å². The van der Waals surface area contributed by atoms with Crippen LogP contribution in [0.4, 0.5) is 10.7 Å². The zero-order valence-electron chi connectivity index (χ0n) is 21.1. The molecule has 37 heavy (non-hydrogen) atoms. The lowest BCUT2D eigenvalue weighted by Crippen LogP contribution is -2.41. The van der Waals surface area contributed by atoms with Gasteiger partial charge in [-0.25, -0.2) is 9.59 Å². The summed E-state index contributed by atoms with van der Waals surface area (Å²) in [6, 6.07) is 8.58. The number of carbonyl (C=O) groups excluding carboxylic acids is 1. The van der Waals surface area contributed by atoms with Crippen molar-refractivity contribution in [2.75, 3.05) is 31.1 Å². The smallest absolute Gasteiger partial charge is 0.407 e. The quantitative estimate of drug-likeness (QED) is 0.399. The Morgan fingerprint density at radius 3 is 2.27 bits per heavy atom. The third kappa shape index (κ3) is 4.34. The van der Waals surface area contributed by atoms with E-state index < -0.39 is 17.3 Å². The Labute approximate surface area is 212 Å². The summed E-state index contributed by atoms with van der Waals surface area (Å²) in [4.78, 5) is 59.4. The second kappa shape index (κ2) is 9.38. The highest BCUT2D eigenvalue weighted by Crippen LogP contribution is 2.34. The van der Waals surface area contributed by atoms with Crippen molar-refractivity contribution >= 4 is 29.0 Å². The van der Waals surface area contributed by atoms with Gasteiger partial charge in [-0.15, -0.1) is 0 Å². The van der Waals surface area contributed by atoms with Crippen LogP contribution in [0.1, 0.15) is 24.2 Å². The molecule has 2 saturated heterocycles. The monoisotopic (exact) mass is 506 g/mol. The minimum absolute atomic E-state index is 0.178. The second-order valence-electron chi connectivity index (χ2n) is 10.1. The minimum Gasteiger partial charge on any atom is -0.465 e. The number of amides is 1. The van der Waals surface area contributed by atoms with Gasteiger partial charge in [0.2, 0.25) is 5.95 Å². The molecule has 0 bridgehead atoms. The minimum atomic E-state index is -0.905. The van der Waals surface area contributed by atoms with Crippen LogP contribution in [0, 0.1) is 11.8 Å². The Balaban J connectivity index is 1.58. The number of aryl methyl sites for hydroxylation is 1. The first-order chi connectivity index (χ1) is 17.7. The lowest BCUT2D eigenvalue weighted by molar-refractivity contribution is 0.0968. The molecule has 2 fully saturated rings. The fourth-order valence-electron chi connectivity index (χ4n) is 5.36. The zero-order chi connectivity index (χ0) is 26.4. The van der Waals surface area contributed by atoms with E-state index in [1.807, 2.05) is 24.5 Å². The van der Waals surface area contributed by atoms with E-state index in [4.69, 9.17) is 4.98 Å². The third-order valence-electron chi connectivity index (χ3n) is 7.33. The Bertz CT molecular complexity index is 1510. The number of hydrogen-bond acceptors (Lipinski definition) is 6. The van der Waals surface area contributed by atoms with Gasteiger partial charge < -0.3 is 19.5 Å². The maximum atomic E-state index is 13.7. The van der Waals surface area contributed by atoms with Gasteiger partial charge in [0.25, 0.3) is 5.56 Å². The third-order valence-corrected chi connectivity index (χ3v) is 7.33. The van der Waals surface area contributed by atoms with Crippen molar-refractivity contribution in [3.8, 4) is 0 Å². The van der Waals surface area contributed by atoms with Crippen LogP contribution in [0.3, 0.4) is 0 Å². The van der Waals surface area contributed by atoms with Crippen LogP contribution in [-0.2, 0) is 20.1 Å². The van der Waals surface area contributed by atoms with E-state index in [2.05, 4.69) is 4.90 Å². The summed E-state index contributed by atoms with van der Waals surface area (Å²) in [5.74, 6) is 0.599. The molecule has 3 aromatic rings. The highest BCUT2D eigenvalue weighted by molar-refractivity contribution is 5.96. The maximum Gasteiger partial charge on any atom is 0.407 e. The van der Waals surface area contributed by atoms with Gasteiger partial charge >= 0.3 is 11.8 Å². The van der Waals surface area contributed by atoms with Gasteiger partial charge in [0.05, 0.1) is 6.54 Å². The standard InChI is InChI=1S/C26H30N6O5/c1-16(2)9-10-31-21-22(27-24(31)29-11-18-13-30(26(36)37)14-19(18)12-29)28(3)25(35)32(23(21)34)15-20(33)17-7-5-4-6-8-17/h4-9,18-19H,10-15H2,1-3H3,(H,36,37)/t18-,19+. The number of likely N-dealkylation sites (tertiary alicyclic amines) is 1. The Morgan fingerprint density at radius 1 is 1.03 bits per heavy atom. The van der Waals surface area contributed by atoms with E-state index in [1.54, 1.807) is 37.4 Å². The van der Waals surface area contributed by atoms with Crippen molar-refractivity contribution in [1.82, 2.24) is 23.6 Å². The predicted octanol–water partition coefficient (Wildman–Crippen LogP) is 1.79. The van der Waals surface area contributed by atoms with E-state index >= 15 is 0 Å². The molecule has 11 heteroatoms. The van der Waals surface area contributed by atoms with E-state index in [1.165, 1.54) is 9.47 Å². The van der Waals surface area contributed by atoms with E-state index in [-0.39, 0.29) is 35.3 Å². The first kappa shape index (κ1) is 24.5. The molecule has 1 aromatic carbocycles. The molecule has 0 unspecified atom stereocenters. The van der Waals surface area contributed by atoms with E-state index in [9.17, 15) is 24.3 Å². The summed E-state index contributed by atoms with van der Waals surface area (Å²) in [5.41, 5.74) is 0.858. The van der Waals surface area contributed by atoms with Crippen LogP contribution >= 0.6 is 0 Å². The fourth-order valence-corrected chi connectivity index (χ4v) is 5.36. The lowest BCUT2D eigenvalue weighted by atomic mass is 10.0. The van der Waals surface area contributed by atoms with Crippen LogP contribution in [0.5, 0.6) is 0 Å². The first-order valence-corrected chi connectivity index (χ1v) is 12.3. The molecule has 2 atom stereocenters. The molecule has 1 N–H and O–H groups in total. The molecule has 0 radical (unpaired) electrons. The largest absolute Gasteiger partial charge is 0.465 e. The molecule has 0 aliphatic carbocycles. The topological polar surface area (TPSA) is 123 Å². The number of aromatic nitrogens is 4. The van der Waals surface area contributed by atoms with Crippen LogP contribution in [0.25, 0.3) is 11.2 Å². The molecule has 4 heterocycles. The number of Topliss-reactive ketones (excluding diaryl/α,β-unsaturated/α-hetero) is 1. The number of fused-ring (bicyclic) bond motifs is 2. The van der Waals surface area contributed by atoms with Crippen LogP contribution in [0.2, 0.25) is 0 Å². The van der Waals surface area contributed by atoms with Gasteiger partial charge in [0.1, 0.15) is 0 Å². The lowest BCUT2D eigenvalue weighted by Gasteiger charge is -2.21. The number of anilines is 1. The van der Waals surface area contributed by atoms with Crippen molar-refractivity contribution in [3.05, 3.63) is 68.4 Å². The number of allylic oxidation sites excluding steroid dienone is 2. The van der Waals surface area contributed by atoms with Gasteiger partial charge in [0.15, 0.2) is 16.9 Å². The fraction of sp³-hybridized carbons (Fsp3) is 0.423. The van der Waals surface area contributed by atoms with Crippen molar-refractivity contribution < 1.29 is 14.7 Å². The van der Waals surface area contributed by atoms with Crippen LogP contribution in [0.15, 0.2) is 51.6 Å². The van der Waals surface area contributed by atoms with Crippen LogP contribution in [-0.4, -0.2) is 66.7 Å². The SMILES string of the molecule is CC(C)=CCn1c(N2C[C@H]3CN(C(=O)O)C[C@H]3C2)nc2c1c(=O)n(CC(=O)c1ccccc1)c(=O)n2C. The summed E-state index contributed by atoms with van der Waals surface area (Å²) in [7, 11) is 1.55. The van der Waals surface area contributed by atoms with Crippen molar-refractivity contribution in [2.45, 2.75) is 26.9 Å². The average molecular weight is 507 g/mol. The molecular formula is C26H30N6O5. The van der Waals surface area contributed by atoms with Crippen LogP contribution < -0.4 is 16.1 Å². The molecule has 5 rings (SSSR count). The Morgan fingerprint density at radius 2 is 1.68 bits per heavy atom. The van der Waals surface area contributed by atoms with Gasteiger partial charge in [-0.05, 0) is 13.8 Å². The number of ketones is 1. The highest BCUT2D eigenvalue weighted by Gasteiger charge is 2.43. The van der Waals surface area contributed by atoms with Crippen molar-refractivity contribution in [1.29, 1.82) is 0 Å². The summed E-state index contributed by atoms with van der Waals surface area (Å²) < 4.78 is 4.11. The molecule has 2 aliphatic rings. The molecule has 1 amide bonds. The van der Waals surface area contributed by atoms with E-state index in [0.29, 0.717) is 44.2 Å². The highest BCUT2D eigenvalue weighted by atomic mass is 16.4. The first-order valence-electron chi connectivity index (χ1n) is 12.3. The molecule has 2 aromatic heterocycles. The number of imidazole rings is 1. The summed E-state index contributed by atoms with van der Waals surface area (Å²) in [5, 5.41) is 9.36.